The van der Waals surface area contributed by atoms with E-state index in [2.05, 4.69) is 41.0 Å². The molecule has 1 atom stereocenters. The first kappa shape index (κ1) is 15.0. The van der Waals surface area contributed by atoms with Crippen molar-refractivity contribution in [1.29, 1.82) is 0 Å². The molecule has 0 fully saturated rings. The predicted octanol–water partition coefficient (Wildman–Crippen LogP) is 4.24. The number of benzene rings is 2. The lowest BCUT2D eigenvalue weighted by molar-refractivity contribution is 0.244. The molecule has 2 aromatic carbocycles. The zero-order chi connectivity index (χ0) is 15.2. The second-order valence-electron chi connectivity index (χ2n) is 5.19. The van der Waals surface area contributed by atoms with Crippen molar-refractivity contribution in [1.82, 2.24) is 5.32 Å². The molecule has 0 aliphatic carbocycles. The van der Waals surface area contributed by atoms with Crippen LogP contribution in [0.1, 0.15) is 16.5 Å². The summed E-state index contributed by atoms with van der Waals surface area (Å²) in [4.78, 5) is 1.27. The third kappa shape index (κ3) is 3.63. The molecule has 0 bridgehead atoms. The van der Waals surface area contributed by atoms with E-state index in [0.29, 0.717) is 0 Å². The fourth-order valence-electron chi connectivity index (χ4n) is 2.45. The molecule has 0 amide bonds. The van der Waals surface area contributed by atoms with Crippen molar-refractivity contribution in [2.24, 2.45) is 0 Å². The monoisotopic (exact) mass is 309 g/mol. The smallest absolute Gasteiger partial charge is 0.0626 e. The maximum atomic E-state index is 9.58. The second kappa shape index (κ2) is 7.36. The summed E-state index contributed by atoms with van der Waals surface area (Å²) >= 11 is 1.75. The first-order valence-electron chi connectivity index (χ1n) is 7.39. The van der Waals surface area contributed by atoms with Gasteiger partial charge >= 0.3 is 0 Å². The van der Waals surface area contributed by atoms with E-state index in [1.54, 1.807) is 11.3 Å². The molecular formula is C19H19NOS. The van der Waals surface area contributed by atoms with Crippen LogP contribution in [0.15, 0.2) is 72.1 Å². The van der Waals surface area contributed by atoms with Crippen molar-refractivity contribution in [2.45, 2.75) is 12.6 Å². The van der Waals surface area contributed by atoms with Crippen LogP contribution >= 0.6 is 11.3 Å². The van der Waals surface area contributed by atoms with Crippen molar-refractivity contribution in [3.05, 3.63) is 82.6 Å². The van der Waals surface area contributed by atoms with Crippen LogP contribution in [0.2, 0.25) is 0 Å². The summed E-state index contributed by atoms with van der Waals surface area (Å²) in [5.41, 5.74) is 3.61. The number of rotatable bonds is 6. The van der Waals surface area contributed by atoms with Crippen LogP contribution < -0.4 is 5.32 Å². The minimum Gasteiger partial charge on any atom is -0.394 e. The molecule has 0 saturated carbocycles. The summed E-state index contributed by atoms with van der Waals surface area (Å²) in [7, 11) is 0. The molecule has 2 nitrogen and oxygen atoms in total. The van der Waals surface area contributed by atoms with E-state index in [4.69, 9.17) is 0 Å². The molecular weight excluding hydrogens is 290 g/mol. The van der Waals surface area contributed by atoms with E-state index < -0.39 is 0 Å². The van der Waals surface area contributed by atoms with Crippen molar-refractivity contribution in [3.63, 3.8) is 0 Å². The topological polar surface area (TPSA) is 32.3 Å². The summed E-state index contributed by atoms with van der Waals surface area (Å²) in [6.07, 6.45) is 0. The van der Waals surface area contributed by atoms with E-state index in [1.165, 1.54) is 16.0 Å². The van der Waals surface area contributed by atoms with Gasteiger partial charge in [-0.2, -0.15) is 0 Å². The SMILES string of the molecule is OCC(NCc1cc(-c2ccccc2)cs1)c1ccccc1. The molecule has 0 spiro atoms. The molecule has 0 saturated heterocycles. The maximum absolute atomic E-state index is 9.58. The molecule has 3 rings (SSSR count). The molecule has 3 aromatic rings. The van der Waals surface area contributed by atoms with Gasteiger partial charge in [0.2, 0.25) is 0 Å². The van der Waals surface area contributed by atoms with Gasteiger partial charge in [-0.3, -0.25) is 0 Å². The van der Waals surface area contributed by atoms with Gasteiger partial charge in [0, 0.05) is 11.4 Å². The van der Waals surface area contributed by atoms with Crippen LogP contribution in [-0.4, -0.2) is 11.7 Å². The second-order valence-corrected chi connectivity index (χ2v) is 6.19. The van der Waals surface area contributed by atoms with E-state index >= 15 is 0 Å². The number of hydrogen-bond acceptors (Lipinski definition) is 3. The molecule has 2 N–H and O–H groups in total. The Morgan fingerprint density at radius 3 is 2.27 bits per heavy atom. The fraction of sp³-hybridized carbons (Fsp3) is 0.158. The molecule has 22 heavy (non-hydrogen) atoms. The highest BCUT2D eigenvalue weighted by molar-refractivity contribution is 7.10. The highest BCUT2D eigenvalue weighted by Gasteiger charge is 2.10. The van der Waals surface area contributed by atoms with E-state index in [1.807, 2.05) is 36.4 Å². The number of thiophene rings is 1. The van der Waals surface area contributed by atoms with Crippen molar-refractivity contribution < 1.29 is 5.11 Å². The van der Waals surface area contributed by atoms with E-state index in [0.717, 1.165) is 12.1 Å². The maximum Gasteiger partial charge on any atom is 0.0626 e. The van der Waals surface area contributed by atoms with Crippen molar-refractivity contribution in [3.8, 4) is 11.1 Å². The minimum absolute atomic E-state index is 0.0246. The summed E-state index contributed by atoms with van der Waals surface area (Å²) < 4.78 is 0. The van der Waals surface area contributed by atoms with Gasteiger partial charge in [-0.1, -0.05) is 60.7 Å². The molecule has 0 radical (unpaired) electrons. The largest absolute Gasteiger partial charge is 0.394 e. The summed E-state index contributed by atoms with van der Waals surface area (Å²) in [5.74, 6) is 0. The standard InChI is InChI=1S/C19H19NOS/c21-13-19(16-9-5-2-6-10-16)20-12-18-11-17(14-22-18)15-7-3-1-4-8-15/h1-11,14,19-21H,12-13H2. The van der Waals surface area contributed by atoms with Crippen LogP contribution in [0.4, 0.5) is 0 Å². The average molecular weight is 309 g/mol. The van der Waals surface area contributed by atoms with Crippen LogP contribution in [0.3, 0.4) is 0 Å². The predicted molar refractivity (Wildman–Crippen MR) is 92.9 cm³/mol. The van der Waals surface area contributed by atoms with Gasteiger partial charge < -0.3 is 10.4 Å². The quantitative estimate of drug-likeness (QED) is 0.714. The lowest BCUT2D eigenvalue weighted by atomic mass is 10.1. The Labute approximate surface area is 135 Å². The lowest BCUT2D eigenvalue weighted by Crippen LogP contribution is -2.23. The van der Waals surface area contributed by atoms with Crippen LogP contribution in [0.5, 0.6) is 0 Å². The summed E-state index contributed by atoms with van der Waals surface area (Å²) in [6.45, 7) is 0.860. The highest BCUT2D eigenvalue weighted by atomic mass is 32.1. The highest BCUT2D eigenvalue weighted by Crippen LogP contribution is 2.25. The molecule has 112 valence electrons. The van der Waals surface area contributed by atoms with Gasteiger partial charge in [0.1, 0.15) is 0 Å². The Kier molecular flexibility index (Phi) is 5.01. The van der Waals surface area contributed by atoms with Gasteiger partial charge in [0.15, 0.2) is 0 Å². The lowest BCUT2D eigenvalue weighted by Gasteiger charge is -2.16. The Morgan fingerprint density at radius 1 is 0.909 bits per heavy atom. The molecule has 0 aliphatic heterocycles. The van der Waals surface area contributed by atoms with Gasteiger partial charge in [0.05, 0.1) is 12.6 Å². The number of nitrogens with one attached hydrogen (secondary N) is 1. The zero-order valence-electron chi connectivity index (χ0n) is 12.3. The van der Waals surface area contributed by atoms with Gasteiger partial charge in [-0.05, 0) is 28.1 Å². The normalized spacial score (nSPS) is 12.2. The van der Waals surface area contributed by atoms with Crippen molar-refractivity contribution in [2.75, 3.05) is 6.61 Å². The van der Waals surface area contributed by atoms with Gasteiger partial charge in [0.25, 0.3) is 0 Å². The van der Waals surface area contributed by atoms with Crippen LogP contribution in [0, 0.1) is 0 Å². The molecule has 0 aliphatic rings. The van der Waals surface area contributed by atoms with Crippen molar-refractivity contribution >= 4 is 11.3 Å². The Hall–Kier alpha value is -1.94. The first-order chi connectivity index (χ1) is 10.9. The number of hydrogen-bond donors (Lipinski definition) is 2. The number of aliphatic hydroxyl groups is 1. The molecule has 1 unspecified atom stereocenters. The fourth-order valence-corrected chi connectivity index (χ4v) is 3.30. The zero-order valence-corrected chi connectivity index (χ0v) is 13.1. The average Bonchev–Trinajstić information content (AvgIpc) is 3.06. The third-order valence-electron chi connectivity index (χ3n) is 3.67. The van der Waals surface area contributed by atoms with Gasteiger partial charge in [-0.25, -0.2) is 0 Å². The Morgan fingerprint density at radius 2 is 1.59 bits per heavy atom. The van der Waals surface area contributed by atoms with E-state index in [9.17, 15) is 5.11 Å². The summed E-state index contributed by atoms with van der Waals surface area (Å²) in [6, 6.07) is 22.7. The Balaban J connectivity index is 1.65. The minimum atomic E-state index is -0.0246. The Bertz CT molecular complexity index is 694. The molecule has 3 heteroatoms. The third-order valence-corrected chi connectivity index (χ3v) is 4.60. The van der Waals surface area contributed by atoms with Crippen LogP contribution in [0.25, 0.3) is 11.1 Å². The first-order valence-corrected chi connectivity index (χ1v) is 8.27. The summed E-state index contributed by atoms with van der Waals surface area (Å²) in [5, 5.41) is 15.2. The number of aliphatic hydroxyl groups excluding tert-OH is 1. The van der Waals surface area contributed by atoms with E-state index in [-0.39, 0.29) is 12.6 Å². The van der Waals surface area contributed by atoms with Crippen LogP contribution in [-0.2, 0) is 6.54 Å². The molecule has 1 heterocycles. The van der Waals surface area contributed by atoms with Gasteiger partial charge in [-0.15, -0.1) is 11.3 Å². The molecule has 1 aromatic heterocycles.